The first-order valence-electron chi connectivity index (χ1n) is 9.44. The monoisotopic (exact) mass is 386 g/mol. The molecule has 0 spiro atoms. The summed E-state index contributed by atoms with van der Waals surface area (Å²) in [6.07, 6.45) is 3.72. The highest BCUT2D eigenvalue weighted by atomic mass is 32.2. The van der Waals surface area contributed by atoms with Crippen LogP contribution in [0.2, 0.25) is 0 Å². The van der Waals surface area contributed by atoms with Gasteiger partial charge >= 0.3 is 0 Å². The van der Waals surface area contributed by atoms with Gasteiger partial charge in [-0.1, -0.05) is 31.5 Å². The van der Waals surface area contributed by atoms with Crippen LogP contribution in [0.25, 0.3) is 0 Å². The summed E-state index contributed by atoms with van der Waals surface area (Å²) < 4.78 is 27.5. The van der Waals surface area contributed by atoms with E-state index in [0.717, 1.165) is 25.7 Å². The molecule has 144 valence electrons. The van der Waals surface area contributed by atoms with E-state index < -0.39 is 10.0 Å². The highest BCUT2D eigenvalue weighted by Crippen LogP contribution is 2.25. The Balaban J connectivity index is 1.80. The molecule has 0 saturated carbocycles. The number of piperidine rings is 1. The fraction of sp³-hybridized carbons (Fsp3) is 0.381. The number of anilines is 1. The number of aryl methyl sites for hydroxylation is 1. The standard InChI is InChI=1S/C21H26N2O3S/c1-3-17-10-12-19(13-11-17)22-21(24)18-8-6-9-20(15-18)27(25,26)23-14-5-4-7-16(23)2/h6,8-13,15-16H,3-5,7,14H2,1-2H3,(H,22,24). The molecular weight excluding hydrogens is 360 g/mol. The minimum absolute atomic E-state index is 0.0155. The second kappa shape index (κ2) is 8.23. The molecule has 0 aromatic heterocycles. The van der Waals surface area contributed by atoms with Gasteiger partial charge in [0.15, 0.2) is 0 Å². The fourth-order valence-electron chi connectivity index (χ4n) is 3.39. The smallest absolute Gasteiger partial charge is 0.255 e. The first-order valence-corrected chi connectivity index (χ1v) is 10.9. The number of carbonyl (C=O) groups excluding carboxylic acids is 1. The largest absolute Gasteiger partial charge is 0.322 e. The van der Waals surface area contributed by atoms with Crippen molar-refractivity contribution in [1.29, 1.82) is 0 Å². The predicted octanol–water partition coefficient (Wildman–Crippen LogP) is 4.06. The predicted molar refractivity (Wildman–Crippen MR) is 107 cm³/mol. The van der Waals surface area contributed by atoms with Gasteiger partial charge in [-0.15, -0.1) is 0 Å². The van der Waals surface area contributed by atoms with Crippen molar-refractivity contribution < 1.29 is 13.2 Å². The van der Waals surface area contributed by atoms with Crippen LogP contribution in [0.4, 0.5) is 5.69 Å². The van der Waals surface area contributed by atoms with Gasteiger partial charge in [0.05, 0.1) is 4.90 Å². The van der Waals surface area contributed by atoms with E-state index in [1.165, 1.54) is 11.6 Å². The maximum atomic E-state index is 13.0. The Kier molecular flexibility index (Phi) is 5.97. The molecule has 3 rings (SSSR count). The summed E-state index contributed by atoms with van der Waals surface area (Å²) in [6.45, 7) is 4.54. The lowest BCUT2D eigenvalue weighted by atomic mass is 10.1. The Hall–Kier alpha value is -2.18. The van der Waals surface area contributed by atoms with E-state index >= 15 is 0 Å². The summed E-state index contributed by atoms with van der Waals surface area (Å²) >= 11 is 0. The van der Waals surface area contributed by atoms with E-state index in [0.29, 0.717) is 17.8 Å². The van der Waals surface area contributed by atoms with Gasteiger partial charge in [-0.05, 0) is 62.1 Å². The molecule has 27 heavy (non-hydrogen) atoms. The second-order valence-corrected chi connectivity index (χ2v) is 8.88. The summed E-state index contributed by atoms with van der Waals surface area (Å²) in [7, 11) is -3.60. The number of hydrogen-bond donors (Lipinski definition) is 1. The quantitative estimate of drug-likeness (QED) is 0.842. The Labute approximate surface area is 161 Å². The number of rotatable bonds is 5. The van der Waals surface area contributed by atoms with Crippen molar-refractivity contribution in [2.75, 3.05) is 11.9 Å². The molecule has 1 N–H and O–H groups in total. The van der Waals surface area contributed by atoms with Crippen molar-refractivity contribution in [2.45, 2.75) is 50.5 Å². The van der Waals surface area contributed by atoms with E-state index in [2.05, 4.69) is 12.2 Å². The number of benzene rings is 2. The van der Waals surface area contributed by atoms with Crippen molar-refractivity contribution in [3.8, 4) is 0 Å². The summed E-state index contributed by atoms with van der Waals surface area (Å²) in [5.41, 5.74) is 2.21. The fourth-order valence-corrected chi connectivity index (χ4v) is 5.13. The number of amides is 1. The maximum absolute atomic E-state index is 13.0. The van der Waals surface area contributed by atoms with Crippen molar-refractivity contribution in [2.24, 2.45) is 0 Å². The molecule has 1 unspecified atom stereocenters. The molecule has 1 aliphatic heterocycles. The third-order valence-corrected chi connectivity index (χ3v) is 7.07. The molecule has 0 radical (unpaired) electrons. The molecule has 6 heteroatoms. The number of sulfonamides is 1. The van der Waals surface area contributed by atoms with Gasteiger partial charge in [-0.25, -0.2) is 8.42 Å². The highest BCUT2D eigenvalue weighted by molar-refractivity contribution is 7.89. The number of hydrogen-bond acceptors (Lipinski definition) is 3. The molecule has 1 fully saturated rings. The van der Waals surface area contributed by atoms with E-state index in [9.17, 15) is 13.2 Å². The van der Waals surface area contributed by atoms with E-state index in [4.69, 9.17) is 0 Å². The van der Waals surface area contributed by atoms with Gasteiger partial charge in [0.2, 0.25) is 10.0 Å². The lowest BCUT2D eigenvalue weighted by Crippen LogP contribution is -2.41. The molecule has 1 amide bonds. The molecule has 2 aromatic rings. The SMILES string of the molecule is CCc1ccc(NC(=O)c2cccc(S(=O)(=O)N3CCCCC3C)c2)cc1. The van der Waals surface area contributed by atoms with Crippen molar-refractivity contribution in [1.82, 2.24) is 4.31 Å². The summed E-state index contributed by atoms with van der Waals surface area (Å²) in [4.78, 5) is 12.7. The zero-order valence-electron chi connectivity index (χ0n) is 15.8. The lowest BCUT2D eigenvalue weighted by Gasteiger charge is -2.32. The average Bonchev–Trinajstić information content (AvgIpc) is 2.69. The normalized spacial score (nSPS) is 18.2. The van der Waals surface area contributed by atoms with Crippen LogP contribution in [0.1, 0.15) is 49.0 Å². The van der Waals surface area contributed by atoms with Crippen molar-refractivity contribution in [3.05, 3.63) is 59.7 Å². The molecular formula is C21H26N2O3S. The summed E-state index contributed by atoms with van der Waals surface area (Å²) in [5.74, 6) is -0.317. The van der Waals surface area contributed by atoms with Gasteiger partial charge in [-0.3, -0.25) is 4.79 Å². The van der Waals surface area contributed by atoms with Crippen LogP contribution < -0.4 is 5.32 Å². The van der Waals surface area contributed by atoms with Crippen LogP contribution in [0.15, 0.2) is 53.4 Å². The van der Waals surface area contributed by atoms with Gasteiger partial charge < -0.3 is 5.32 Å². The first kappa shape index (κ1) is 19.6. The topological polar surface area (TPSA) is 66.5 Å². The molecule has 1 atom stereocenters. The minimum Gasteiger partial charge on any atom is -0.322 e. The van der Waals surface area contributed by atoms with Gasteiger partial charge in [0.1, 0.15) is 0 Å². The third-order valence-electron chi connectivity index (χ3n) is 5.06. The van der Waals surface area contributed by atoms with E-state index in [-0.39, 0.29) is 16.8 Å². The van der Waals surface area contributed by atoms with Gasteiger partial charge in [-0.2, -0.15) is 4.31 Å². The van der Waals surface area contributed by atoms with E-state index in [1.54, 1.807) is 22.5 Å². The third kappa shape index (κ3) is 4.39. The Bertz CT molecular complexity index is 907. The Morgan fingerprint density at radius 2 is 1.89 bits per heavy atom. The second-order valence-electron chi connectivity index (χ2n) is 6.99. The van der Waals surface area contributed by atoms with Gasteiger partial charge in [0.25, 0.3) is 5.91 Å². The number of carbonyl (C=O) groups is 1. The van der Waals surface area contributed by atoms with Crippen LogP contribution in [0.5, 0.6) is 0 Å². The Morgan fingerprint density at radius 1 is 1.15 bits per heavy atom. The molecule has 1 heterocycles. The molecule has 1 aliphatic rings. The minimum atomic E-state index is -3.60. The van der Waals surface area contributed by atoms with Gasteiger partial charge in [0, 0.05) is 23.8 Å². The van der Waals surface area contributed by atoms with Crippen LogP contribution >= 0.6 is 0 Å². The Morgan fingerprint density at radius 3 is 2.56 bits per heavy atom. The number of nitrogens with zero attached hydrogens (tertiary/aromatic N) is 1. The highest BCUT2D eigenvalue weighted by Gasteiger charge is 2.31. The van der Waals surface area contributed by atoms with Crippen molar-refractivity contribution >= 4 is 21.6 Å². The van der Waals surface area contributed by atoms with Crippen LogP contribution in [-0.4, -0.2) is 31.2 Å². The average molecular weight is 387 g/mol. The number of nitrogens with one attached hydrogen (secondary N) is 1. The van der Waals surface area contributed by atoms with Crippen molar-refractivity contribution in [3.63, 3.8) is 0 Å². The van der Waals surface area contributed by atoms with Crippen LogP contribution in [0.3, 0.4) is 0 Å². The molecule has 2 aromatic carbocycles. The maximum Gasteiger partial charge on any atom is 0.255 e. The molecule has 0 aliphatic carbocycles. The summed E-state index contributed by atoms with van der Waals surface area (Å²) in [6, 6.07) is 13.9. The zero-order valence-corrected chi connectivity index (χ0v) is 16.6. The van der Waals surface area contributed by atoms with Crippen LogP contribution in [0, 0.1) is 0 Å². The zero-order chi connectivity index (χ0) is 19.4. The lowest BCUT2D eigenvalue weighted by molar-refractivity contribution is 0.102. The molecule has 5 nitrogen and oxygen atoms in total. The molecule has 0 bridgehead atoms. The summed E-state index contributed by atoms with van der Waals surface area (Å²) in [5, 5.41) is 2.83. The first-order chi connectivity index (χ1) is 12.9. The van der Waals surface area contributed by atoms with E-state index in [1.807, 2.05) is 31.2 Å². The van der Waals surface area contributed by atoms with Crippen LogP contribution in [-0.2, 0) is 16.4 Å². The molecule has 1 saturated heterocycles.